The summed E-state index contributed by atoms with van der Waals surface area (Å²) >= 11 is 0. The number of carbonyl (C=O) groups is 1. The largest absolute Gasteiger partial charge is 0.326 e. The van der Waals surface area contributed by atoms with Crippen LogP contribution in [-0.4, -0.2) is 28.9 Å². The van der Waals surface area contributed by atoms with Crippen molar-refractivity contribution in [2.75, 3.05) is 6.54 Å². The zero-order valence-electron chi connectivity index (χ0n) is 7.50. The minimum absolute atomic E-state index is 0.0508. The van der Waals surface area contributed by atoms with Crippen LogP contribution in [0.15, 0.2) is 0 Å². The number of amides is 1. The Bertz CT molecular complexity index is 239. The Labute approximate surface area is 72.9 Å². The SMILES string of the molecule is C#CC(C)(C)N1CC(N)CC1=O. The number of likely N-dealkylation sites (tertiary alicyclic amines) is 1. The monoisotopic (exact) mass is 166 g/mol. The Balaban J connectivity index is 2.79. The van der Waals surface area contributed by atoms with Gasteiger partial charge in [-0.25, -0.2) is 0 Å². The highest BCUT2D eigenvalue weighted by Gasteiger charge is 2.36. The van der Waals surface area contributed by atoms with Crippen LogP contribution >= 0.6 is 0 Å². The van der Waals surface area contributed by atoms with Crippen molar-refractivity contribution in [3.8, 4) is 12.3 Å². The topological polar surface area (TPSA) is 46.3 Å². The number of nitrogens with two attached hydrogens (primary N) is 1. The van der Waals surface area contributed by atoms with Crippen LogP contribution in [0, 0.1) is 12.3 Å². The molecule has 1 aliphatic rings. The van der Waals surface area contributed by atoms with Crippen LogP contribution in [0.1, 0.15) is 20.3 Å². The van der Waals surface area contributed by atoms with Gasteiger partial charge in [0.1, 0.15) is 0 Å². The average molecular weight is 166 g/mol. The van der Waals surface area contributed by atoms with E-state index in [-0.39, 0.29) is 11.9 Å². The van der Waals surface area contributed by atoms with E-state index in [4.69, 9.17) is 12.2 Å². The summed E-state index contributed by atoms with van der Waals surface area (Å²) < 4.78 is 0. The summed E-state index contributed by atoms with van der Waals surface area (Å²) in [5.74, 6) is 2.64. The van der Waals surface area contributed by atoms with E-state index < -0.39 is 5.54 Å². The van der Waals surface area contributed by atoms with Gasteiger partial charge in [-0.2, -0.15) is 0 Å². The van der Waals surface area contributed by atoms with Crippen molar-refractivity contribution >= 4 is 5.91 Å². The van der Waals surface area contributed by atoms with Gasteiger partial charge in [-0.3, -0.25) is 4.79 Å². The predicted octanol–water partition coefficient (Wildman–Crippen LogP) is -0.0422. The minimum atomic E-state index is -0.495. The molecule has 1 heterocycles. The second-order valence-corrected chi connectivity index (χ2v) is 3.67. The Hall–Kier alpha value is -1.01. The molecular formula is C9H14N2O. The molecule has 3 nitrogen and oxygen atoms in total. The number of hydrogen-bond acceptors (Lipinski definition) is 2. The van der Waals surface area contributed by atoms with Crippen molar-refractivity contribution in [3.05, 3.63) is 0 Å². The maximum Gasteiger partial charge on any atom is 0.225 e. The molecule has 1 rings (SSSR count). The van der Waals surface area contributed by atoms with Crippen molar-refractivity contribution < 1.29 is 4.79 Å². The highest BCUT2D eigenvalue weighted by atomic mass is 16.2. The number of hydrogen-bond donors (Lipinski definition) is 1. The molecule has 3 heteroatoms. The van der Waals surface area contributed by atoms with Crippen LogP contribution in [0.2, 0.25) is 0 Å². The Kier molecular flexibility index (Phi) is 2.12. The van der Waals surface area contributed by atoms with E-state index in [0.717, 1.165) is 0 Å². The second-order valence-electron chi connectivity index (χ2n) is 3.67. The smallest absolute Gasteiger partial charge is 0.225 e. The average Bonchev–Trinajstić information content (AvgIpc) is 2.31. The number of terminal acetylenes is 1. The maximum atomic E-state index is 11.3. The molecule has 0 spiro atoms. The van der Waals surface area contributed by atoms with E-state index >= 15 is 0 Å². The van der Waals surface area contributed by atoms with Gasteiger partial charge in [0.2, 0.25) is 5.91 Å². The van der Waals surface area contributed by atoms with Gasteiger partial charge in [0.15, 0.2) is 0 Å². The Morgan fingerprint density at radius 1 is 1.75 bits per heavy atom. The summed E-state index contributed by atoms with van der Waals surface area (Å²) in [4.78, 5) is 13.0. The fraction of sp³-hybridized carbons (Fsp3) is 0.667. The fourth-order valence-electron chi connectivity index (χ4n) is 1.35. The molecule has 0 saturated carbocycles. The molecule has 1 atom stereocenters. The molecule has 0 radical (unpaired) electrons. The zero-order valence-corrected chi connectivity index (χ0v) is 7.50. The Morgan fingerprint density at radius 2 is 2.33 bits per heavy atom. The highest BCUT2D eigenvalue weighted by molar-refractivity contribution is 5.80. The molecule has 12 heavy (non-hydrogen) atoms. The molecule has 0 aromatic carbocycles. The van der Waals surface area contributed by atoms with Gasteiger partial charge in [0.05, 0.1) is 5.54 Å². The molecule has 1 fully saturated rings. The lowest BCUT2D eigenvalue weighted by atomic mass is 10.1. The summed E-state index contributed by atoms with van der Waals surface area (Å²) in [6.07, 6.45) is 5.73. The Morgan fingerprint density at radius 3 is 2.67 bits per heavy atom. The van der Waals surface area contributed by atoms with Crippen LogP contribution in [-0.2, 0) is 4.79 Å². The summed E-state index contributed by atoms with van der Waals surface area (Å²) in [5.41, 5.74) is 5.14. The van der Waals surface area contributed by atoms with Gasteiger partial charge in [-0.15, -0.1) is 6.42 Å². The quantitative estimate of drug-likeness (QED) is 0.555. The second kappa shape index (κ2) is 2.80. The first-order chi connectivity index (χ1) is 5.47. The van der Waals surface area contributed by atoms with Gasteiger partial charge in [0.25, 0.3) is 0 Å². The third kappa shape index (κ3) is 1.44. The van der Waals surface area contributed by atoms with Crippen LogP contribution in [0.5, 0.6) is 0 Å². The molecule has 0 aromatic rings. The molecule has 1 saturated heterocycles. The van der Waals surface area contributed by atoms with Crippen molar-refractivity contribution in [1.82, 2.24) is 4.90 Å². The molecule has 1 amide bonds. The minimum Gasteiger partial charge on any atom is -0.326 e. The number of rotatable bonds is 1. The van der Waals surface area contributed by atoms with E-state index in [0.29, 0.717) is 13.0 Å². The normalized spacial score (nSPS) is 24.3. The molecule has 0 aromatic heterocycles. The van der Waals surface area contributed by atoms with E-state index in [1.54, 1.807) is 4.90 Å². The van der Waals surface area contributed by atoms with E-state index in [9.17, 15) is 4.79 Å². The summed E-state index contributed by atoms with van der Waals surface area (Å²) in [5, 5.41) is 0. The summed E-state index contributed by atoms with van der Waals surface area (Å²) in [6.45, 7) is 4.28. The third-order valence-corrected chi connectivity index (χ3v) is 2.18. The van der Waals surface area contributed by atoms with Crippen LogP contribution < -0.4 is 5.73 Å². The van der Waals surface area contributed by atoms with Gasteiger partial charge in [-0.05, 0) is 13.8 Å². The first kappa shape index (κ1) is 9.08. The standard InChI is InChI=1S/C9H14N2O/c1-4-9(2,3)11-6-7(10)5-8(11)12/h1,7H,5-6,10H2,2-3H3. The van der Waals surface area contributed by atoms with Gasteiger partial charge in [-0.1, -0.05) is 5.92 Å². The van der Waals surface area contributed by atoms with E-state index in [2.05, 4.69) is 5.92 Å². The van der Waals surface area contributed by atoms with E-state index in [1.807, 2.05) is 13.8 Å². The molecule has 2 N–H and O–H groups in total. The summed E-state index contributed by atoms with van der Waals surface area (Å²) in [7, 11) is 0. The lowest BCUT2D eigenvalue weighted by Crippen LogP contribution is -2.44. The lowest BCUT2D eigenvalue weighted by Gasteiger charge is -2.30. The van der Waals surface area contributed by atoms with Crippen LogP contribution in [0.25, 0.3) is 0 Å². The predicted molar refractivity (Wildman–Crippen MR) is 47.2 cm³/mol. The van der Waals surface area contributed by atoms with Crippen molar-refractivity contribution in [3.63, 3.8) is 0 Å². The van der Waals surface area contributed by atoms with Crippen LogP contribution in [0.4, 0.5) is 0 Å². The molecule has 66 valence electrons. The third-order valence-electron chi connectivity index (χ3n) is 2.18. The van der Waals surface area contributed by atoms with Crippen molar-refractivity contribution in [1.29, 1.82) is 0 Å². The number of carbonyl (C=O) groups excluding carboxylic acids is 1. The van der Waals surface area contributed by atoms with Crippen molar-refractivity contribution in [2.45, 2.75) is 31.8 Å². The molecular weight excluding hydrogens is 152 g/mol. The summed E-state index contributed by atoms with van der Waals surface area (Å²) in [6, 6.07) is -0.0508. The first-order valence-electron chi connectivity index (χ1n) is 4.01. The van der Waals surface area contributed by atoms with E-state index in [1.165, 1.54) is 0 Å². The van der Waals surface area contributed by atoms with Crippen LogP contribution in [0.3, 0.4) is 0 Å². The fourth-order valence-corrected chi connectivity index (χ4v) is 1.35. The lowest BCUT2D eigenvalue weighted by molar-refractivity contribution is -0.130. The molecule has 1 aliphatic heterocycles. The van der Waals surface area contributed by atoms with Gasteiger partial charge in [0, 0.05) is 19.0 Å². The molecule has 0 bridgehead atoms. The van der Waals surface area contributed by atoms with Gasteiger partial charge < -0.3 is 10.6 Å². The first-order valence-corrected chi connectivity index (χ1v) is 4.01. The highest BCUT2D eigenvalue weighted by Crippen LogP contribution is 2.20. The zero-order chi connectivity index (χ0) is 9.35. The number of nitrogens with zero attached hydrogens (tertiary/aromatic N) is 1. The van der Waals surface area contributed by atoms with Crippen molar-refractivity contribution in [2.24, 2.45) is 5.73 Å². The molecule has 0 aliphatic carbocycles. The van der Waals surface area contributed by atoms with Gasteiger partial charge >= 0.3 is 0 Å². The maximum absolute atomic E-state index is 11.3. The molecule has 1 unspecified atom stereocenters.